The lowest BCUT2D eigenvalue weighted by molar-refractivity contribution is 0.0916. The van der Waals surface area contributed by atoms with Crippen LogP contribution in [0.25, 0.3) is 10.2 Å². The Labute approximate surface area is 160 Å². The van der Waals surface area contributed by atoms with Gasteiger partial charge in [-0.25, -0.2) is 4.98 Å². The van der Waals surface area contributed by atoms with Gasteiger partial charge in [0.15, 0.2) is 0 Å². The first-order valence-electron chi connectivity index (χ1n) is 9.55. The standard InChI is InChI=1S/C21H31N3OS/c1-7-21(5,6)24-18(25)17-16(22)14-11-12-10-13(20(2,3)4)8-9-15(12)23-19(14)26-17/h11,13H,7-10,22H2,1-6H3,(H,24,25). The first-order valence-corrected chi connectivity index (χ1v) is 10.4. The lowest BCUT2D eigenvalue weighted by atomic mass is 9.71. The van der Waals surface area contributed by atoms with Gasteiger partial charge in [0.25, 0.3) is 5.91 Å². The second kappa shape index (κ2) is 6.52. The lowest BCUT2D eigenvalue weighted by Gasteiger charge is -2.34. The number of pyridine rings is 1. The highest BCUT2D eigenvalue weighted by atomic mass is 32.1. The molecule has 2 aromatic heterocycles. The zero-order valence-corrected chi connectivity index (χ0v) is 17.6. The number of anilines is 1. The van der Waals surface area contributed by atoms with Gasteiger partial charge >= 0.3 is 0 Å². The summed E-state index contributed by atoms with van der Waals surface area (Å²) < 4.78 is 0. The van der Waals surface area contributed by atoms with Crippen molar-refractivity contribution in [2.75, 3.05) is 5.73 Å². The Balaban J connectivity index is 1.97. The van der Waals surface area contributed by atoms with Crippen LogP contribution in [-0.2, 0) is 12.8 Å². The number of carbonyl (C=O) groups excluding carboxylic acids is 1. The summed E-state index contributed by atoms with van der Waals surface area (Å²) in [4.78, 5) is 19.0. The Kier molecular flexibility index (Phi) is 4.80. The highest BCUT2D eigenvalue weighted by Gasteiger charge is 2.30. The molecule has 4 nitrogen and oxygen atoms in total. The molecule has 0 fully saturated rings. The number of fused-ring (bicyclic) bond motifs is 2. The van der Waals surface area contributed by atoms with E-state index in [1.165, 1.54) is 29.0 Å². The SMILES string of the molecule is CCC(C)(C)NC(=O)c1sc2nc3c(cc2c1N)CC(C(C)(C)C)CC3. The van der Waals surface area contributed by atoms with Crippen LogP contribution in [0, 0.1) is 11.3 Å². The van der Waals surface area contributed by atoms with Crippen molar-refractivity contribution in [1.82, 2.24) is 10.3 Å². The van der Waals surface area contributed by atoms with Gasteiger partial charge in [-0.05, 0) is 62.5 Å². The fourth-order valence-electron chi connectivity index (χ4n) is 3.55. The van der Waals surface area contributed by atoms with Gasteiger partial charge in [0.2, 0.25) is 0 Å². The summed E-state index contributed by atoms with van der Waals surface area (Å²) in [5.74, 6) is 0.560. The molecule has 0 saturated carbocycles. The van der Waals surface area contributed by atoms with Gasteiger partial charge in [-0.15, -0.1) is 11.3 Å². The van der Waals surface area contributed by atoms with Crippen LogP contribution in [0.3, 0.4) is 0 Å². The minimum absolute atomic E-state index is 0.0945. The molecule has 0 aromatic carbocycles. The van der Waals surface area contributed by atoms with Crippen molar-refractivity contribution in [3.05, 3.63) is 22.2 Å². The fourth-order valence-corrected chi connectivity index (χ4v) is 4.54. The molecule has 1 amide bonds. The van der Waals surface area contributed by atoms with E-state index >= 15 is 0 Å². The van der Waals surface area contributed by atoms with Crippen molar-refractivity contribution < 1.29 is 4.79 Å². The third-order valence-corrected chi connectivity index (χ3v) is 6.97. The maximum atomic E-state index is 12.7. The number of nitrogen functional groups attached to an aromatic ring is 1. The van der Waals surface area contributed by atoms with E-state index in [0.29, 0.717) is 21.9 Å². The third kappa shape index (κ3) is 3.59. The second-order valence-corrected chi connectivity index (χ2v) is 10.3. The van der Waals surface area contributed by atoms with Crippen LogP contribution in [0.4, 0.5) is 5.69 Å². The molecule has 3 N–H and O–H groups in total. The summed E-state index contributed by atoms with van der Waals surface area (Å²) in [7, 11) is 0. The zero-order chi connectivity index (χ0) is 19.3. The van der Waals surface area contributed by atoms with E-state index < -0.39 is 0 Å². The van der Waals surface area contributed by atoms with Crippen molar-refractivity contribution >= 4 is 33.1 Å². The first-order chi connectivity index (χ1) is 12.0. The Morgan fingerprint density at radius 2 is 2.04 bits per heavy atom. The maximum Gasteiger partial charge on any atom is 0.263 e. The topological polar surface area (TPSA) is 68.0 Å². The van der Waals surface area contributed by atoms with Gasteiger partial charge in [0, 0.05) is 16.6 Å². The number of thiophene rings is 1. The lowest BCUT2D eigenvalue weighted by Crippen LogP contribution is -2.42. The highest BCUT2D eigenvalue weighted by Crippen LogP contribution is 2.40. The molecule has 1 aliphatic carbocycles. The van der Waals surface area contributed by atoms with E-state index in [0.717, 1.165) is 29.5 Å². The Morgan fingerprint density at radius 3 is 2.65 bits per heavy atom. The molecule has 1 unspecified atom stereocenters. The Hall–Kier alpha value is -1.62. The van der Waals surface area contributed by atoms with Gasteiger partial charge < -0.3 is 11.1 Å². The smallest absolute Gasteiger partial charge is 0.263 e. The van der Waals surface area contributed by atoms with Crippen molar-refractivity contribution in [3.63, 3.8) is 0 Å². The van der Waals surface area contributed by atoms with Crippen LogP contribution in [0.5, 0.6) is 0 Å². The minimum atomic E-state index is -0.244. The summed E-state index contributed by atoms with van der Waals surface area (Å²) in [6.07, 6.45) is 4.09. The van der Waals surface area contributed by atoms with Crippen molar-refractivity contribution in [1.29, 1.82) is 0 Å². The number of hydrogen-bond donors (Lipinski definition) is 2. The number of aromatic nitrogens is 1. The summed E-state index contributed by atoms with van der Waals surface area (Å²) in [6, 6.07) is 2.18. The molecule has 1 atom stereocenters. The van der Waals surface area contributed by atoms with E-state index in [2.05, 4.69) is 39.1 Å². The molecule has 26 heavy (non-hydrogen) atoms. The monoisotopic (exact) mass is 373 g/mol. The van der Waals surface area contributed by atoms with Crippen molar-refractivity contribution in [2.45, 2.75) is 72.8 Å². The van der Waals surface area contributed by atoms with Crippen molar-refractivity contribution in [3.8, 4) is 0 Å². The van der Waals surface area contributed by atoms with Crippen LogP contribution < -0.4 is 11.1 Å². The normalized spacial score (nSPS) is 18.0. The highest BCUT2D eigenvalue weighted by molar-refractivity contribution is 7.21. The number of aryl methyl sites for hydroxylation is 1. The number of nitrogens with zero attached hydrogens (tertiary/aromatic N) is 1. The third-order valence-electron chi connectivity index (χ3n) is 5.85. The number of nitrogens with two attached hydrogens (primary N) is 1. The number of carbonyl (C=O) groups is 1. The van der Waals surface area contributed by atoms with E-state index in [4.69, 9.17) is 10.7 Å². The fraction of sp³-hybridized carbons (Fsp3) is 0.619. The van der Waals surface area contributed by atoms with Gasteiger partial charge in [-0.2, -0.15) is 0 Å². The molecule has 5 heteroatoms. The summed E-state index contributed by atoms with van der Waals surface area (Å²) >= 11 is 1.41. The minimum Gasteiger partial charge on any atom is -0.397 e. The maximum absolute atomic E-state index is 12.7. The molecule has 0 spiro atoms. The quantitative estimate of drug-likeness (QED) is 0.800. The second-order valence-electron chi connectivity index (χ2n) is 9.29. The van der Waals surface area contributed by atoms with Crippen LogP contribution in [0.2, 0.25) is 0 Å². The Morgan fingerprint density at radius 1 is 1.35 bits per heavy atom. The summed E-state index contributed by atoms with van der Waals surface area (Å²) in [5, 5.41) is 4.02. The van der Waals surface area contributed by atoms with E-state index in [1.807, 2.05) is 13.8 Å². The number of rotatable bonds is 3. The number of amides is 1. The molecule has 0 radical (unpaired) electrons. The Bertz CT molecular complexity index is 845. The van der Waals surface area contributed by atoms with Gasteiger partial charge in [0.05, 0.1) is 5.69 Å². The van der Waals surface area contributed by atoms with Gasteiger partial charge in [-0.1, -0.05) is 27.7 Å². The van der Waals surface area contributed by atoms with E-state index in [-0.39, 0.29) is 11.4 Å². The number of hydrogen-bond acceptors (Lipinski definition) is 4. The first kappa shape index (κ1) is 19.2. The van der Waals surface area contributed by atoms with Crippen molar-refractivity contribution in [2.24, 2.45) is 11.3 Å². The predicted octanol–water partition coefficient (Wildman–Crippen LogP) is 4.95. The molecule has 3 rings (SSSR count). The predicted molar refractivity (Wildman–Crippen MR) is 111 cm³/mol. The van der Waals surface area contributed by atoms with Crippen LogP contribution >= 0.6 is 11.3 Å². The van der Waals surface area contributed by atoms with Gasteiger partial charge in [-0.3, -0.25) is 4.79 Å². The average Bonchev–Trinajstić information content (AvgIpc) is 2.87. The molecule has 0 aliphatic heterocycles. The number of nitrogens with one attached hydrogen (secondary N) is 1. The molecule has 0 bridgehead atoms. The van der Waals surface area contributed by atoms with Crippen LogP contribution in [0.15, 0.2) is 6.07 Å². The zero-order valence-electron chi connectivity index (χ0n) is 16.8. The average molecular weight is 374 g/mol. The largest absolute Gasteiger partial charge is 0.397 e. The summed E-state index contributed by atoms with van der Waals surface area (Å²) in [6.45, 7) is 13.0. The molecular formula is C21H31N3OS. The molecule has 0 saturated heterocycles. The molecule has 142 valence electrons. The molecule has 2 heterocycles. The van der Waals surface area contributed by atoms with E-state index in [1.54, 1.807) is 0 Å². The summed E-state index contributed by atoms with van der Waals surface area (Å²) in [5.41, 5.74) is 9.47. The van der Waals surface area contributed by atoms with E-state index in [9.17, 15) is 4.79 Å². The van der Waals surface area contributed by atoms with Crippen LogP contribution in [0.1, 0.15) is 75.3 Å². The van der Waals surface area contributed by atoms with Crippen LogP contribution in [-0.4, -0.2) is 16.4 Å². The van der Waals surface area contributed by atoms with Gasteiger partial charge in [0.1, 0.15) is 9.71 Å². The molecule has 1 aliphatic rings. The molecule has 2 aromatic rings. The molecular weight excluding hydrogens is 342 g/mol.